The molecule has 188 valence electrons. The van der Waals surface area contributed by atoms with Crippen molar-refractivity contribution in [3.63, 3.8) is 0 Å². The molecule has 0 aliphatic rings. The molecule has 1 N–H and O–H groups in total. The van der Waals surface area contributed by atoms with Crippen LogP contribution < -0.4 is 4.74 Å². The van der Waals surface area contributed by atoms with E-state index in [-0.39, 0.29) is 12.1 Å². The standard InChI is InChI=1S/C29H26F2N4O2/c1-28(30,31)27-22(15-19-9-5-4-6-10-19)26(37-3)21-16-20(12-13-23(21)34-27)29(36,24-11-7-8-14-33-24)25-17-32-18-35(25)2/h4-14,16-18,36H,15H2,1-3H3. The zero-order chi connectivity index (χ0) is 26.2. The lowest BCUT2D eigenvalue weighted by atomic mass is 9.85. The number of alkyl halides is 2. The van der Waals surface area contributed by atoms with Crippen molar-refractivity contribution < 1.29 is 18.6 Å². The first-order valence-corrected chi connectivity index (χ1v) is 11.8. The van der Waals surface area contributed by atoms with Crippen LogP contribution in [0, 0.1) is 0 Å². The van der Waals surface area contributed by atoms with E-state index >= 15 is 0 Å². The SMILES string of the molecule is COc1c(Cc2ccccc2)c(C(C)(F)F)nc2ccc(C(O)(c3ccccn3)c3cncn3C)cc12. The molecular formula is C29H26F2N4O2. The van der Waals surface area contributed by atoms with Crippen molar-refractivity contribution in [2.24, 2.45) is 7.05 Å². The first-order valence-electron chi connectivity index (χ1n) is 11.8. The van der Waals surface area contributed by atoms with E-state index in [0.717, 1.165) is 12.5 Å². The van der Waals surface area contributed by atoms with Gasteiger partial charge in [-0.2, -0.15) is 8.78 Å². The topological polar surface area (TPSA) is 73.1 Å². The van der Waals surface area contributed by atoms with Crippen LogP contribution in [-0.2, 0) is 25.0 Å². The number of aliphatic hydroxyl groups is 1. The van der Waals surface area contributed by atoms with Gasteiger partial charge in [0.25, 0.3) is 5.92 Å². The number of hydrogen-bond donors (Lipinski definition) is 1. The zero-order valence-corrected chi connectivity index (χ0v) is 20.7. The Morgan fingerprint density at radius 3 is 2.41 bits per heavy atom. The van der Waals surface area contributed by atoms with Crippen LogP contribution in [0.1, 0.15) is 40.7 Å². The van der Waals surface area contributed by atoms with Crippen LogP contribution in [0.5, 0.6) is 5.75 Å². The van der Waals surface area contributed by atoms with Gasteiger partial charge in [0.15, 0.2) is 5.60 Å². The van der Waals surface area contributed by atoms with E-state index in [1.807, 2.05) is 30.3 Å². The van der Waals surface area contributed by atoms with E-state index in [9.17, 15) is 13.9 Å². The Balaban J connectivity index is 1.79. The Kier molecular flexibility index (Phi) is 6.21. The number of pyridine rings is 2. The van der Waals surface area contributed by atoms with Crippen LogP contribution in [0.4, 0.5) is 8.78 Å². The molecule has 0 spiro atoms. The smallest absolute Gasteiger partial charge is 0.287 e. The molecule has 3 aromatic heterocycles. The van der Waals surface area contributed by atoms with Crippen LogP contribution >= 0.6 is 0 Å². The Morgan fingerprint density at radius 1 is 1.03 bits per heavy atom. The number of benzene rings is 2. The summed E-state index contributed by atoms with van der Waals surface area (Å²) < 4.78 is 37.1. The maximum absolute atomic E-state index is 14.8. The van der Waals surface area contributed by atoms with Gasteiger partial charge in [-0.1, -0.05) is 42.5 Å². The highest BCUT2D eigenvalue weighted by atomic mass is 19.3. The molecule has 0 saturated heterocycles. The van der Waals surface area contributed by atoms with Gasteiger partial charge in [-0.15, -0.1) is 0 Å². The van der Waals surface area contributed by atoms with Gasteiger partial charge in [0.05, 0.1) is 36.5 Å². The van der Waals surface area contributed by atoms with E-state index in [0.29, 0.717) is 39.2 Å². The van der Waals surface area contributed by atoms with Gasteiger partial charge in [0.2, 0.25) is 0 Å². The Bertz CT molecular complexity index is 1550. The minimum atomic E-state index is -3.19. The maximum atomic E-state index is 14.8. The minimum absolute atomic E-state index is 0.210. The molecule has 0 radical (unpaired) electrons. The number of imidazole rings is 1. The molecule has 0 fully saturated rings. The maximum Gasteiger partial charge on any atom is 0.287 e. The van der Waals surface area contributed by atoms with Gasteiger partial charge in [-0.3, -0.25) is 4.98 Å². The zero-order valence-electron chi connectivity index (χ0n) is 20.7. The molecule has 5 aromatic rings. The van der Waals surface area contributed by atoms with Gasteiger partial charge in [-0.25, -0.2) is 9.97 Å². The number of aromatic nitrogens is 4. The summed E-state index contributed by atoms with van der Waals surface area (Å²) >= 11 is 0. The van der Waals surface area contributed by atoms with Gasteiger partial charge in [0, 0.05) is 37.5 Å². The van der Waals surface area contributed by atoms with Crippen molar-refractivity contribution in [1.29, 1.82) is 0 Å². The number of methoxy groups -OCH3 is 1. The Labute approximate surface area is 213 Å². The third-order valence-electron chi connectivity index (χ3n) is 6.52. The van der Waals surface area contributed by atoms with Gasteiger partial charge < -0.3 is 14.4 Å². The number of fused-ring (bicyclic) bond motifs is 1. The quantitative estimate of drug-likeness (QED) is 0.326. The summed E-state index contributed by atoms with van der Waals surface area (Å²) in [5.41, 5.74) is 0.853. The Morgan fingerprint density at radius 2 is 1.78 bits per heavy atom. The summed E-state index contributed by atoms with van der Waals surface area (Å²) in [6, 6.07) is 19.7. The van der Waals surface area contributed by atoms with Crippen LogP contribution in [0.2, 0.25) is 0 Å². The van der Waals surface area contributed by atoms with Crippen molar-refractivity contribution in [2.75, 3.05) is 7.11 Å². The highest BCUT2D eigenvalue weighted by Gasteiger charge is 2.39. The molecule has 5 rings (SSSR count). The van der Waals surface area contributed by atoms with E-state index in [2.05, 4.69) is 15.0 Å². The predicted octanol–water partition coefficient (Wildman–Crippen LogP) is 5.36. The summed E-state index contributed by atoms with van der Waals surface area (Å²) in [5, 5.41) is 12.7. The van der Waals surface area contributed by atoms with Crippen LogP contribution in [0.25, 0.3) is 10.9 Å². The molecule has 0 aliphatic heterocycles. The minimum Gasteiger partial charge on any atom is -0.496 e. The molecular weight excluding hydrogens is 474 g/mol. The van der Waals surface area contributed by atoms with Gasteiger partial charge in [0.1, 0.15) is 11.4 Å². The molecule has 0 saturated carbocycles. The second-order valence-corrected chi connectivity index (χ2v) is 9.07. The second-order valence-electron chi connectivity index (χ2n) is 9.07. The molecule has 6 nitrogen and oxygen atoms in total. The number of rotatable bonds is 7. The monoisotopic (exact) mass is 500 g/mol. The molecule has 1 atom stereocenters. The van der Waals surface area contributed by atoms with Gasteiger partial charge >= 0.3 is 0 Å². The Hall–Kier alpha value is -4.17. The largest absolute Gasteiger partial charge is 0.496 e. The molecule has 3 heterocycles. The second kappa shape index (κ2) is 9.37. The fraction of sp³-hybridized carbons (Fsp3) is 0.207. The summed E-state index contributed by atoms with van der Waals surface area (Å²) in [5.74, 6) is -2.89. The molecule has 0 aliphatic carbocycles. The van der Waals surface area contributed by atoms with Crippen LogP contribution in [0.15, 0.2) is 85.5 Å². The average Bonchev–Trinajstić information content (AvgIpc) is 3.34. The van der Waals surface area contributed by atoms with Crippen LogP contribution in [-0.4, -0.2) is 31.7 Å². The van der Waals surface area contributed by atoms with Crippen molar-refractivity contribution in [2.45, 2.75) is 24.9 Å². The lowest BCUT2D eigenvalue weighted by Gasteiger charge is -2.29. The number of halogens is 2. The predicted molar refractivity (Wildman–Crippen MR) is 137 cm³/mol. The lowest BCUT2D eigenvalue weighted by molar-refractivity contribution is 0.0119. The summed E-state index contributed by atoms with van der Waals surface area (Å²) in [7, 11) is 3.24. The summed E-state index contributed by atoms with van der Waals surface area (Å²) in [4.78, 5) is 13.0. The fourth-order valence-corrected chi connectivity index (χ4v) is 4.77. The van der Waals surface area contributed by atoms with Crippen molar-refractivity contribution in [3.8, 4) is 5.75 Å². The van der Waals surface area contributed by atoms with Gasteiger partial charge in [-0.05, 0) is 35.4 Å². The van der Waals surface area contributed by atoms with Crippen molar-refractivity contribution >= 4 is 10.9 Å². The molecule has 1 unspecified atom stereocenters. The number of aryl methyl sites for hydroxylation is 1. The van der Waals surface area contributed by atoms with E-state index in [1.165, 1.54) is 7.11 Å². The normalized spacial score (nSPS) is 13.5. The third kappa shape index (κ3) is 4.34. The highest BCUT2D eigenvalue weighted by molar-refractivity contribution is 5.88. The van der Waals surface area contributed by atoms with E-state index in [1.54, 1.807) is 66.7 Å². The summed E-state index contributed by atoms with van der Waals surface area (Å²) in [6.45, 7) is 0.839. The molecule has 0 bridgehead atoms. The number of hydrogen-bond acceptors (Lipinski definition) is 5. The van der Waals surface area contributed by atoms with E-state index in [4.69, 9.17) is 4.74 Å². The third-order valence-corrected chi connectivity index (χ3v) is 6.52. The average molecular weight is 501 g/mol. The highest BCUT2D eigenvalue weighted by Crippen LogP contribution is 2.42. The molecule has 8 heteroatoms. The number of nitrogens with zero attached hydrogens (tertiary/aromatic N) is 4. The fourth-order valence-electron chi connectivity index (χ4n) is 4.77. The molecule has 37 heavy (non-hydrogen) atoms. The lowest BCUT2D eigenvalue weighted by Crippen LogP contribution is -2.32. The first kappa shape index (κ1) is 24.5. The molecule has 2 aromatic carbocycles. The first-order chi connectivity index (χ1) is 17.7. The number of ether oxygens (including phenoxy) is 1. The van der Waals surface area contributed by atoms with Crippen molar-refractivity contribution in [1.82, 2.24) is 19.5 Å². The van der Waals surface area contributed by atoms with Crippen LogP contribution in [0.3, 0.4) is 0 Å². The summed E-state index contributed by atoms with van der Waals surface area (Å²) in [6.07, 6.45) is 4.99. The van der Waals surface area contributed by atoms with E-state index < -0.39 is 11.5 Å². The van der Waals surface area contributed by atoms with Crippen molar-refractivity contribution in [3.05, 3.63) is 119 Å². The molecule has 0 amide bonds.